The normalized spacial score (nSPS) is 15.2. The number of carbonyl (C=O) groups is 1. The van der Waals surface area contributed by atoms with Gasteiger partial charge in [0.05, 0.1) is 35.8 Å². The highest BCUT2D eigenvalue weighted by atomic mass is 35.5. The van der Waals surface area contributed by atoms with Crippen molar-refractivity contribution in [3.8, 4) is 5.75 Å². The Balaban J connectivity index is 1.80. The number of benzene rings is 1. The molecule has 3 rings (SSSR count). The number of amides is 1. The Kier molecular flexibility index (Phi) is 7.69. The third-order valence-electron chi connectivity index (χ3n) is 5.20. The maximum Gasteiger partial charge on any atom is 0.243 e. The molecule has 1 aliphatic rings. The lowest BCUT2D eigenvalue weighted by molar-refractivity contribution is -0.121. The number of halogens is 1. The molecule has 162 valence electrons. The van der Waals surface area contributed by atoms with Crippen LogP contribution in [-0.4, -0.2) is 43.3 Å². The van der Waals surface area contributed by atoms with Gasteiger partial charge in [-0.1, -0.05) is 36.9 Å². The summed E-state index contributed by atoms with van der Waals surface area (Å²) in [5.41, 5.74) is 0.708. The molecule has 0 unspecified atom stereocenters. The topological polar surface area (TPSA) is 88.6 Å². The van der Waals surface area contributed by atoms with Crippen LogP contribution in [0.2, 0.25) is 5.02 Å². The van der Waals surface area contributed by atoms with Crippen LogP contribution in [0.25, 0.3) is 0 Å². The smallest absolute Gasteiger partial charge is 0.243 e. The fraction of sp³-hybridized carbons (Fsp3) is 0.429. The van der Waals surface area contributed by atoms with E-state index in [2.05, 4.69) is 10.3 Å². The first-order valence-electron chi connectivity index (χ1n) is 9.94. The molecule has 1 N–H and O–H groups in total. The van der Waals surface area contributed by atoms with Crippen molar-refractivity contribution in [2.45, 2.75) is 49.6 Å². The van der Waals surface area contributed by atoms with Gasteiger partial charge in [0.1, 0.15) is 5.75 Å². The minimum absolute atomic E-state index is 0.0522. The first-order chi connectivity index (χ1) is 14.4. The standard InChI is InChI=1S/C21H26ClN3O4S/c1-29-20-11-10-18(13-19(20)22)30(27,28)25(17-8-3-2-4-9-17)15-21(26)24-14-16-7-5-6-12-23-16/h5-7,10-13,17H,2-4,8-9,14-15H2,1H3,(H,24,26). The molecule has 0 saturated heterocycles. The molecular weight excluding hydrogens is 426 g/mol. The number of nitrogens with zero attached hydrogens (tertiary/aromatic N) is 2. The van der Waals surface area contributed by atoms with Gasteiger partial charge in [0.25, 0.3) is 0 Å². The second kappa shape index (κ2) is 10.2. The molecule has 1 aliphatic carbocycles. The predicted molar refractivity (Wildman–Crippen MR) is 115 cm³/mol. The van der Waals surface area contributed by atoms with Gasteiger partial charge in [0.2, 0.25) is 15.9 Å². The minimum Gasteiger partial charge on any atom is -0.495 e. The van der Waals surface area contributed by atoms with Crippen molar-refractivity contribution < 1.29 is 17.9 Å². The lowest BCUT2D eigenvalue weighted by Gasteiger charge is -2.33. The second-order valence-electron chi connectivity index (χ2n) is 7.24. The minimum atomic E-state index is -3.91. The molecule has 0 atom stereocenters. The van der Waals surface area contributed by atoms with E-state index in [-0.39, 0.29) is 35.0 Å². The van der Waals surface area contributed by atoms with E-state index in [0.29, 0.717) is 11.4 Å². The lowest BCUT2D eigenvalue weighted by atomic mass is 9.95. The van der Waals surface area contributed by atoms with Gasteiger partial charge in [-0.2, -0.15) is 4.31 Å². The van der Waals surface area contributed by atoms with Gasteiger partial charge in [-0.15, -0.1) is 0 Å². The molecule has 1 aromatic heterocycles. The molecule has 1 heterocycles. The fourth-order valence-corrected chi connectivity index (χ4v) is 5.60. The number of carbonyl (C=O) groups excluding carboxylic acids is 1. The second-order valence-corrected chi connectivity index (χ2v) is 9.53. The van der Waals surface area contributed by atoms with Crippen molar-refractivity contribution in [3.63, 3.8) is 0 Å². The zero-order chi connectivity index (χ0) is 21.6. The van der Waals surface area contributed by atoms with Crippen molar-refractivity contribution in [2.24, 2.45) is 0 Å². The number of hydrogen-bond acceptors (Lipinski definition) is 5. The Morgan fingerprint density at radius 1 is 1.23 bits per heavy atom. The van der Waals surface area contributed by atoms with Gasteiger partial charge in [-0.3, -0.25) is 9.78 Å². The number of methoxy groups -OCH3 is 1. The van der Waals surface area contributed by atoms with Crippen LogP contribution in [0.4, 0.5) is 0 Å². The van der Waals surface area contributed by atoms with Crippen LogP contribution < -0.4 is 10.1 Å². The summed E-state index contributed by atoms with van der Waals surface area (Å²) in [4.78, 5) is 16.8. The van der Waals surface area contributed by atoms with Crippen LogP contribution in [0.5, 0.6) is 5.75 Å². The van der Waals surface area contributed by atoms with E-state index >= 15 is 0 Å². The maximum atomic E-state index is 13.4. The van der Waals surface area contributed by atoms with Gasteiger partial charge >= 0.3 is 0 Å². The molecule has 1 aromatic carbocycles. The van der Waals surface area contributed by atoms with Crippen LogP contribution >= 0.6 is 11.6 Å². The molecule has 0 bridgehead atoms. The molecule has 30 heavy (non-hydrogen) atoms. The number of aromatic nitrogens is 1. The molecule has 7 nitrogen and oxygen atoms in total. The molecule has 1 amide bonds. The van der Waals surface area contributed by atoms with Crippen molar-refractivity contribution in [3.05, 3.63) is 53.3 Å². The Hall–Kier alpha value is -2.16. The Morgan fingerprint density at radius 2 is 2.00 bits per heavy atom. The highest BCUT2D eigenvalue weighted by Gasteiger charge is 2.34. The number of hydrogen-bond donors (Lipinski definition) is 1. The van der Waals surface area contributed by atoms with Gasteiger partial charge in [-0.05, 0) is 43.2 Å². The summed E-state index contributed by atoms with van der Waals surface area (Å²) in [5, 5.41) is 2.98. The highest BCUT2D eigenvalue weighted by molar-refractivity contribution is 7.89. The van der Waals surface area contributed by atoms with E-state index < -0.39 is 10.0 Å². The lowest BCUT2D eigenvalue weighted by Crippen LogP contribution is -2.47. The summed E-state index contributed by atoms with van der Waals surface area (Å²) in [5.74, 6) is 0.0300. The summed E-state index contributed by atoms with van der Waals surface area (Å²) in [6, 6.07) is 9.57. The predicted octanol–water partition coefficient (Wildman–Crippen LogP) is 3.38. The molecule has 9 heteroatoms. The SMILES string of the molecule is COc1ccc(S(=O)(=O)N(CC(=O)NCc2ccccn2)C2CCCCC2)cc1Cl. The van der Waals surface area contributed by atoms with E-state index in [4.69, 9.17) is 16.3 Å². The zero-order valence-electron chi connectivity index (χ0n) is 16.9. The van der Waals surface area contributed by atoms with Crippen LogP contribution in [0, 0.1) is 0 Å². The van der Waals surface area contributed by atoms with Crippen molar-refractivity contribution in [1.29, 1.82) is 0 Å². The Bertz CT molecular complexity index is 963. The third-order valence-corrected chi connectivity index (χ3v) is 7.39. The number of ether oxygens (including phenoxy) is 1. The van der Waals surface area contributed by atoms with E-state index in [1.165, 1.54) is 29.6 Å². The van der Waals surface area contributed by atoms with E-state index in [9.17, 15) is 13.2 Å². The monoisotopic (exact) mass is 451 g/mol. The van der Waals surface area contributed by atoms with Crippen LogP contribution in [0.3, 0.4) is 0 Å². The molecule has 2 aromatic rings. The first-order valence-corrected chi connectivity index (χ1v) is 11.8. The molecule has 0 radical (unpaired) electrons. The summed E-state index contributed by atoms with van der Waals surface area (Å²) in [7, 11) is -2.44. The van der Waals surface area contributed by atoms with Crippen LogP contribution in [0.15, 0.2) is 47.5 Å². The maximum absolute atomic E-state index is 13.4. The molecule has 0 aliphatic heterocycles. The number of pyridine rings is 1. The van der Waals surface area contributed by atoms with E-state index in [1.54, 1.807) is 18.3 Å². The van der Waals surface area contributed by atoms with Crippen molar-refractivity contribution in [1.82, 2.24) is 14.6 Å². The molecule has 1 saturated carbocycles. The Morgan fingerprint density at radius 3 is 2.63 bits per heavy atom. The first kappa shape index (κ1) is 22.5. The average Bonchev–Trinajstić information content (AvgIpc) is 2.77. The largest absolute Gasteiger partial charge is 0.495 e. The third kappa shape index (κ3) is 5.50. The van der Waals surface area contributed by atoms with Crippen molar-refractivity contribution in [2.75, 3.05) is 13.7 Å². The summed E-state index contributed by atoms with van der Waals surface area (Å²) < 4.78 is 33.3. The van der Waals surface area contributed by atoms with Gasteiger partial charge in [0, 0.05) is 12.2 Å². The summed E-state index contributed by atoms with van der Waals surface area (Å²) in [6.07, 6.45) is 6.07. The highest BCUT2D eigenvalue weighted by Crippen LogP contribution is 2.31. The van der Waals surface area contributed by atoms with Gasteiger partial charge in [-0.25, -0.2) is 8.42 Å². The Labute approximate surface area is 182 Å². The average molecular weight is 452 g/mol. The van der Waals surface area contributed by atoms with Crippen LogP contribution in [-0.2, 0) is 21.4 Å². The van der Waals surface area contributed by atoms with Crippen LogP contribution in [0.1, 0.15) is 37.8 Å². The zero-order valence-corrected chi connectivity index (χ0v) is 18.5. The molecule has 0 spiro atoms. The molecular formula is C21H26ClN3O4S. The summed E-state index contributed by atoms with van der Waals surface area (Å²) in [6.45, 7) is -0.00390. The van der Waals surface area contributed by atoms with E-state index in [0.717, 1.165) is 32.1 Å². The van der Waals surface area contributed by atoms with E-state index in [1.807, 2.05) is 6.07 Å². The van der Waals surface area contributed by atoms with Crippen molar-refractivity contribution >= 4 is 27.5 Å². The fourth-order valence-electron chi connectivity index (χ4n) is 3.61. The molecule has 1 fully saturated rings. The van der Waals surface area contributed by atoms with Gasteiger partial charge in [0.15, 0.2) is 0 Å². The number of rotatable bonds is 8. The summed E-state index contributed by atoms with van der Waals surface area (Å²) >= 11 is 6.16. The quantitative estimate of drug-likeness (QED) is 0.664. The van der Waals surface area contributed by atoms with Gasteiger partial charge < -0.3 is 10.1 Å². The number of sulfonamides is 1. The number of nitrogens with one attached hydrogen (secondary N) is 1.